The van der Waals surface area contributed by atoms with Gasteiger partial charge in [0.25, 0.3) is 5.76 Å². The minimum absolute atomic E-state index is 0.150. The van der Waals surface area contributed by atoms with Crippen LogP contribution in [0.5, 0.6) is 5.75 Å². The van der Waals surface area contributed by atoms with Crippen molar-refractivity contribution in [1.29, 1.82) is 0 Å². The summed E-state index contributed by atoms with van der Waals surface area (Å²) in [5.74, 6) is -1.63. The highest BCUT2D eigenvalue weighted by Gasteiger charge is 2.28. The molecule has 2 rings (SSSR count). The zero-order chi connectivity index (χ0) is 13.0. The van der Waals surface area contributed by atoms with Crippen LogP contribution >= 0.6 is 11.8 Å². The van der Waals surface area contributed by atoms with Gasteiger partial charge in [0.1, 0.15) is 11.4 Å². The molecule has 1 aromatic carbocycles. The molecule has 0 atom stereocenters. The summed E-state index contributed by atoms with van der Waals surface area (Å²) in [5, 5.41) is 3.29. The van der Waals surface area contributed by atoms with Crippen molar-refractivity contribution in [2.45, 2.75) is 36.0 Å². The molecule has 1 N–H and O–H groups in total. The van der Waals surface area contributed by atoms with E-state index in [0.717, 1.165) is 31.7 Å². The van der Waals surface area contributed by atoms with Gasteiger partial charge in [-0.3, -0.25) is 0 Å². The van der Waals surface area contributed by atoms with E-state index in [0.29, 0.717) is 16.7 Å². The molecule has 0 amide bonds. The molecule has 1 aliphatic rings. The van der Waals surface area contributed by atoms with Gasteiger partial charge in [-0.25, -0.2) is 0 Å². The number of halogens is 2. The van der Waals surface area contributed by atoms with Crippen LogP contribution in [-0.4, -0.2) is 24.4 Å². The molecule has 0 aliphatic carbocycles. The number of rotatable bonds is 4. The van der Waals surface area contributed by atoms with Gasteiger partial charge in [-0.05, 0) is 57.1 Å². The Labute approximate surface area is 110 Å². The number of hydrogen-bond donors (Lipinski definition) is 1. The van der Waals surface area contributed by atoms with Crippen molar-refractivity contribution in [3.8, 4) is 5.75 Å². The molecule has 1 heterocycles. The van der Waals surface area contributed by atoms with Crippen molar-refractivity contribution in [3.05, 3.63) is 24.3 Å². The highest BCUT2D eigenvalue weighted by molar-refractivity contribution is 7.99. The molecule has 18 heavy (non-hydrogen) atoms. The third-order valence-electron chi connectivity index (χ3n) is 3.07. The second-order valence-corrected chi connectivity index (χ2v) is 5.72. The fourth-order valence-electron chi connectivity index (χ4n) is 2.03. The van der Waals surface area contributed by atoms with Gasteiger partial charge in [0.15, 0.2) is 0 Å². The Morgan fingerprint density at radius 1 is 1.22 bits per heavy atom. The summed E-state index contributed by atoms with van der Waals surface area (Å²) in [6, 6.07) is 6.88. The van der Waals surface area contributed by atoms with Crippen LogP contribution in [0.15, 0.2) is 29.2 Å². The molecule has 1 aromatic rings. The molecular formula is C13H17F2NOS. The number of piperidine rings is 1. The minimum atomic E-state index is -2.38. The molecule has 0 bridgehead atoms. The summed E-state index contributed by atoms with van der Waals surface area (Å²) < 4.78 is 30.3. The Kier molecular flexibility index (Phi) is 4.45. The number of thioether (sulfide) groups is 1. The number of ether oxygens (including phenoxy) is 1. The predicted octanol–water partition coefficient (Wildman–Crippen LogP) is 3.52. The summed E-state index contributed by atoms with van der Waals surface area (Å²) in [6.07, 6.45) is 1.92. The van der Waals surface area contributed by atoms with Crippen molar-refractivity contribution in [1.82, 2.24) is 5.32 Å². The summed E-state index contributed by atoms with van der Waals surface area (Å²) in [4.78, 5) is 0.563. The average Bonchev–Trinajstić information content (AvgIpc) is 2.31. The quantitative estimate of drug-likeness (QED) is 0.848. The first-order chi connectivity index (χ1) is 8.57. The highest BCUT2D eigenvalue weighted by Crippen LogP contribution is 2.30. The van der Waals surface area contributed by atoms with Crippen molar-refractivity contribution < 1.29 is 13.5 Å². The molecule has 100 valence electrons. The molecule has 2 nitrogen and oxygen atoms in total. The molecular weight excluding hydrogens is 256 g/mol. The number of hydrogen-bond acceptors (Lipinski definition) is 3. The molecule has 0 saturated carbocycles. The van der Waals surface area contributed by atoms with E-state index in [4.69, 9.17) is 4.74 Å². The van der Waals surface area contributed by atoms with Crippen LogP contribution in [0.2, 0.25) is 0 Å². The summed E-state index contributed by atoms with van der Waals surface area (Å²) in [6.45, 7) is 4.00. The van der Waals surface area contributed by atoms with Gasteiger partial charge in [0, 0.05) is 4.90 Å². The molecule has 1 aliphatic heterocycles. The van der Waals surface area contributed by atoms with Gasteiger partial charge < -0.3 is 10.1 Å². The van der Waals surface area contributed by atoms with Gasteiger partial charge in [0.2, 0.25) is 0 Å². The average molecular weight is 273 g/mol. The summed E-state index contributed by atoms with van der Waals surface area (Å²) in [7, 11) is 0. The standard InChI is InChI=1S/C13H17F2NOS/c1-13(6-8-16-9-7-13)17-10-2-4-11(5-3-10)18-12(14)15/h2-5,12,16H,6-9H2,1H3. The smallest absolute Gasteiger partial charge is 0.288 e. The van der Waals surface area contributed by atoms with Crippen LogP contribution < -0.4 is 10.1 Å². The van der Waals surface area contributed by atoms with Gasteiger partial charge in [-0.2, -0.15) is 8.78 Å². The molecule has 5 heteroatoms. The predicted molar refractivity (Wildman–Crippen MR) is 69.4 cm³/mol. The lowest BCUT2D eigenvalue weighted by Crippen LogP contribution is -2.43. The third kappa shape index (κ3) is 3.85. The first kappa shape index (κ1) is 13.6. The Morgan fingerprint density at radius 3 is 2.39 bits per heavy atom. The first-order valence-electron chi connectivity index (χ1n) is 6.02. The van der Waals surface area contributed by atoms with Gasteiger partial charge in [0.05, 0.1) is 0 Å². The van der Waals surface area contributed by atoms with Gasteiger partial charge in [-0.15, -0.1) is 0 Å². The number of alkyl halides is 2. The zero-order valence-electron chi connectivity index (χ0n) is 10.3. The van der Waals surface area contributed by atoms with E-state index in [2.05, 4.69) is 12.2 Å². The summed E-state index contributed by atoms with van der Waals surface area (Å²) >= 11 is 0.553. The Hall–Kier alpha value is -0.810. The van der Waals surface area contributed by atoms with E-state index in [1.165, 1.54) is 0 Å². The third-order valence-corrected chi connectivity index (χ3v) is 3.80. The lowest BCUT2D eigenvalue weighted by Gasteiger charge is -2.34. The Balaban J connectivity index is 1.97. The summed E-state index contributed by atoms with van der Waals surface area (Å²) in [5.41, 5.74) is -0.150. The number of benzene rings is 1. The van der Waals surface area contributed by atoms with Crippen LogP contribution in [0, 0.1) is 0 Å². The van der Waals surface area contributed by atoms with Crippen LogP contribution in [0.25, 0.3) is 0 Å². The molecule has 0 unspecified atom stereocenters. The Morgan fingerprint density at radius 2 is 1.83 bits per heavy atom. The largest absolute Gasteiger partial charge is 0.487 e. The van der Waals surface area contributed by atoms with E-state index in [1.807, 2.05) is 0 Å². The maximum Gasteiger partial charge on any atom is 0.288 e. The van der Waals surface area contributed by atoms with Gasteiger partial charge >= 0.3 is 0 Å². The second-order valence-electron chi connectivity index (χ2n) is 4.65. The fourth-order valence-corrected chi connectivity index (χ4v) is 2.53. The maximum absolute atomic E-state index is 12.2. The van der Waals surface area contributed by atoms with E-state index < -0.39 is 5.76 Å². The Bertz CT molecular complexity index is 377. The molecule has 1 saturated heterocycles. The van der Waals surface area contributed by atoms with Crippen LogP contribution in [-0.2, 0) is 0 Å². The van der Waals surface area contributed by atoms with E-state index in [9.17, 15) is 8.78 Å². The monoisotopic (exact) mass is 273 g/mol. The van der Waals surface area contributed by atoms with E-state index in [-0.39, 0.29) is 5.60 Å². The SMILES string of the molecule is CC1(Oc2ccc(SC(F)F)cc2)CCNCC1. The van der Waals surface area contributed by atoms with Crippen molar-refractivity contribution in [3.63, 3.8) is 0 Å². The van der Waals surface area contributed by atoms with E-state index in [1.54, 1.807) is 24.3 Å². The molecule has 0 radical (unpaired) electrons. The lowest BCUT2D eigenvalue weighted by molar-refractivity contribution is 0.0555. The maximum atomic E-state index is 12.2. The molecule has 0 aromatic heterocycles. The lowest BCUT2D eigenvalue weighted by atomic mass is 9.94. The minimum Gasteiger partial charge on any atom is -0.487 e. The van der Waals surface area contributed by atoms with Crippen LogP contribution in [0.1, 0.15) is 19.8 Å². The van der Waals surface area contributed by atoms with Gasteiger partial charge in [-0.1, -0.05) is 11.8 Å². The fraction of sp³-hybridized carbons (Fsp3) is 0.538. The van der Waals surface area contributed by atoms with Crippen molar-refractivity contribution >= 4 is 11.8 Å². The second kappa shape index (κ2) is 5.89. The normalized spacial score (nSPS) is 18.9. The van der Waals surface area contributed by atoms with Crippen molar-refractivity contribution in [2.75, 3.05) is 13.1 Å². The van der Waals surface area contributed by atoms with E-state index >= 15 is 0 Å². The number of nitrogens with one attached hydrogen (secondary N) is 1. The zero-order valence-corrected chi connectivity index (χ0v) is 11.1. The topological polar surface area (TPSA) is 21.3 Å². The first-order valence-corrected chi connectivity index (χ1v) is 6.90. The van der Waals surface area contributed by atoms with Crippen LogP contribution in [0.3, 0.4) is 0 Å². The molecule has 1 fully saturated rings. The molecule has 0 spiro atoms. The highest BCUT2D eigenvalue weighted by atomic mass is 32.2. The van der Waals surface area contributed by atoms with Crippen molar-refractivity contribution in [2.24, 2.45) is 0 Å². The van der Waals surface area contributed by atoms with Crippen LogP contribution in [0.4, 0.5) is 8.78 Å².